The van der Waals surface area contributed by atoms with Gasteiger partial charge in [0.2, 0.25) is 0 Å². The summed E-state index contributed by atoms with van der Waals surface area (Å²) in [5.74, 6) is -0.308. The molecule has 0 spiro atoms. The summed E-state index contributed by atoms with van der Waals surface area (Å²) in [7, 11) is 0. The Bertz CT molecular complexity index is 1010. The third-order valence-electron chi connectivity index (χ3n) is 3.94. The van der Waals surface area contributed by atoms with Gasteiger partial charge >= 0.3 is 0 Å². The van der Waals surface area contributed by atoms with E-state index in [0.717, 1.165) is 10.0 Å². The predicted molar refractivity (Wildman–Crippen MR) is 116 cm³/mol. The summed E-state index contributed by atoms with van der Waals surface area (Å²) in [6.07, 6.45) is 3.61. The molecule has 0 aliphatic rings. The average Bonchev–Trinajstić information content (AvgIpc) is 3.07. The normalized spacial score (nSPS) is 10.4. The number of carbonyl (C=O) groups excluding carboxylic acids is 2. The van der Waals surface area contributed by atoms with Crippen LogP contribution in [0.25, 0.3) is 0 Å². The molecule has 0 unspecified atom stereocenters. The van der Waals surface area contributed by atoms with E-state index in [1.807, 2.05) is 18.3 Å². The highest BCUT2D eigenvalue weighted by molar-refractivity contribution is 9.10. The summed E-state index contributed by atoms with van der Waals surface area (Å²) >= 11 is 8.55. The van der Waals surface area contributed by atoms with Crippen LogP contribution in [0.1, 0.15) is 33.2 Å². The van der Waals surface area contributed by atoms with Crippen molar-refractivity contribution in [2.24, 2.45) is 0 Å². The fourth-order valence-electron chi connectivity index (χ4n) is 2.50. The highest BCUT2D eigenvalue weighted by Gasteiger charge is 2.09. The maximum atomic E-state index is 12.4. The first-order valence-electron chi connectivity index (χ1n) is 8.41. The topological polar surface area (TPSA) is 76.0 Å². The first-order chi connectivity index (χ1) is 13.4. The van der Waals surface area contributed by atoms with E-state index < -0.39 is 0 Å². The van der Waals surface area contributed by atoms with E-state index in [2.05, 4.69) is 31.7 Å². The lowest BCUT2D eigenvalue weighted by molar-refractivity contribution is 0.0976. The van der Waals surface area contributed by atoms with Gasteiger partial charge in [0.1, 0.15) is 0 Å². The van der Waals surface area contributed by atoms with Gasteiger partial charge in [0, 0.05) is 23.0 Å². The van der Waals surface area contributed by atoms with Crippen LogP contribution in [-0.2, 0) is 6.54 Å². The van der Waals surface area contributed by atoms with Gasteiger partial charge in [-0.1, -0.05) is 12.1 Å². The Morgan fingerprint density at radius 2 is 1.71 bits per heavy atom. The molecule has 8 heteroatoms. The van der Waals surface area contributed by atoms with Crippen LogP contribution in [0.4, 0.5) is 5.69 Å². The van der Waals surface area contributed by atoms with Crippen LogP contribution in [0.2, 0.25) is 0 Å². The molecule has 1 aromatic heterocycles. The first-order valence-corrected chi connectivity index (χ1v) is 9.61. The molecule has 1 heterocycles. The summed E-state index contributed by atoms with van der Waals surface area (Å²) in [5, 5.41) is 9.97. The number of carbonyl (C=O) groups is 2. The molecule has 0 aliphatic carbocycles. The maximum absolute atomic E-state index is 12.4. The van der Waals surface area contributed by atoms with E-state index in [4.69, 9.17) is 12.2 Å². The predicted octanol–water partition coefficient (Wildman–Crippen LogP) is 4.02. The van der Waals surface area contributed by atoms with E-state index >= 15 is 0 Å². The zero-order valence-corrected chi connectivity index (χ0v) is 17.4. The number of Topliss-reactive ketones (excluding diaryl/α,β-unsaturated/α-hetero) is 1. The Kier molecular flexibility index (Phi) is 6.33. The molecule has 0 saturated heterocycles. The number of thiocarbonyl (C=S) groups is 1. The van der Waals surface area contributed by atoms with Gasteiger partial charge in [-0.15, -0.1) is 0 Å². The standard InChI is InChI=1S/C20H17BrN4O2S/c1-13(26)15-6-8-18(9-7-15)23-20(28)24-19(27)16-4-2-14(3-5-16)11-25-12-17(21)10-22-25/h2-10,12H,11H2,1H3,(H2,23,24,27,28). The van der Waals surface area contributed by atoms with Crippen molar-refractivity contribution in [3.8, 4) is 0 Å². The number of amides is 1. The van der Waals surface area contributed by atoms with Crippen LogP contribution in [0.5, 0.6) is 0 Å². The number of anilines is 1. The Morgan fingerprint density at radius 3 is 2.29 bits per heavy atom. The summed E-state index contributed by atoms with van der Waals surface area (Å²) in [6.45, 7) is 2.12. The van der Waals surface area contributed by atoms with Crippen molar-refractivity contribution in [3.05, 3.63) is 82.1 Å². The van der Waals surface area contributed by atoms with Crippen LogP contribution in [0.15, 0.2) is 65.4 Å². The Morgan fingerprint density at radius 1 is 1.07 bits per heavy atom. The van der Waals surface area contributed by atoms with Crippen molar-refractivity contribution >= 4 is 50.6 Å². The molecule has 0 fully saturated rings. The minimum absolute atomic E-state index is 0.00827. The molecule has 3 aromatic rings. The van der Waals surface area contributed by atoms with Gasteiger partial charge in [0.15, 0.2) is 10.9 Å². The summed E-state index contributed by atoms with van der Waals surface area (Å²) in [6, 6.07) is 14.1. The molecule has 2 N–H and O–H groups in total. The van der Waals surface area contributed by atoms with Gasteiger partial charge in [-0.3, -0.25) is 19.6 Å². The monoisotopic (exact) mass is 456 g/mol. The summed E-state index contributed by atoms with van der Waals surface area (Å²) in [5.41, 5.74) is 2.83. The largest absolute Gasteiger partial charge is 0.332 e. The maximum Gasteiger partial charge on any atom is 0.257 e. The Hall–Kier alpha value is -2.84. The smallest absolute Gasteiger partial charge is 0.257 e. The van der Waals surface area contributed by atoms with E-state index in [-0.39, 0.29) is 16.8 Å². The van der Waals surface area contributed by atoms with Crippen molar-refractivity contribution in [2.45, 2.75) is 13.5 Å². The van der Waals surface area contributed by atoms with Gasteiger partial charge in [0.05, 0.1) is 17.2 Å². The molecule has 142 valence electrons. The Balaban J connectivity index is 1.56. The van der Waals surface area contributed by atoms with Crippen LogP contribution in [0.3, 0.4) is 0 Å². The number of ketones is 1. The van der Waals surface area contributed by atoms with Crippen molar-refractivity contribution in [3.63, 3.8) is 0 Å². The zero-order chi connectivity index (χ0) is 20.1. The number of nitrogens with one attached hydrogen (secondary N) is 2. The van der Waals surface area contributed by atoms with Gasteiger partial charge in [-0.05, 0) is 77.0 Å². The molecule has 1 amide bonds. The Labute approximate surface area is 176 Å². The molecule has 0 radical (unpaired) electrons. The second-order valence-electron chi connectivity index (χ2n) is 6.09. The van der Waals surface area contributed by atoms with E-state index in [1.54, 1.807) is 47.3 Å². The molecule has 3 rings (SSSR count). The second kappa shape index (κ2) is 8.90. The van der Waals surface area contributed by atoms with Gasteiger partial charge in [-0.2, -0.15) is 5.10 Å². The van der Waals surface area contributed by atoms with Crippen molar-refractivity contribution < 1.29 is 9.59 Å². The third kappa shape index (κ3) is 5.34. The molecule has 0 aliphatic heterocycles. The van der Waals surface area contributed by atoms with E-state index in [9.17, 15) is 9.59 Å². The van der Waals surface area contributed by atoms with E-state index in [0.29, 0.717) is 23.4 Å². The number of aromatic nitrogens is 2. The lowest BCUT2D eigenvalue weighted by atomic mass is 10.1. The fraction of sp³-hybridized carbons (Fsp3) is 0.100. The number of nitrogens with zero attached hydrogens (tertiary/aromatic N) is 2. The molecule has 28 heavy (non-hydrogen) atoms. The number of hydrogen-bond acceptors (Lipinski definition) is 4. The van der Waals surface area contributed by atoms with Gasteiger partial charge in [-0.25, -0.2) is 0 Å². The van der Waals surface area contributed by atoms with Gasteiger partial charge < -0.3 is 5.32 Å². The SMILES string of the molecule is CC(=O)c1ccc(NC(=S)NC(=O)c2ccc(Cn3cc(Br)cn3)cc2)cc1. The van der Waals surface area contributed by atoms with Gasteiger partial charge in [0.25, 0.3) is 5.91 Å². The van der Waals surface area contributed by atoms with Crippen LogP contribution < -0.4 is 10.6 Å². The summed E-state index contributed by atoms with van der Waals surface area (Å²) < 4.78 is 2.72. The van der Waals surface area contributed by atoms with Crippen LogP contribution in [-0.4, -0.2) is 26.6 Å². The number of benzene rings is 2. The average molecular weight is 457 g/mol. The van der Waals surface area contributed by atoms with Crippen molar-refractivity contribution in [1.29, 1.82) is 0 Å². The number of hydrogen-bond donors (Lipinski definition) is 2. The lowest BCUT2D eigenvalue weighted by Gasteiger charge is -2.10. The van der Waals surface area contributed by atoms with Crippen LogP contribution >= 0.6 is 28.1 Å². The fourth-order valence-corrected chi connectivity index (χ4v) is 3.04. The van der Waals surface area contributed by atoms with Crippen molar-refractivity contribution in [1.82, 2.24) is 15.1 Å². The molecule has 0 bridgehead atoms. The zero-order valence-electron chi connectivity index (χ0n) is 15.0. The highest BCUT2D eigenvalue weighted by Crippen LogP contribution is 2.11. The second-order valence-corrected chi connectivity index (χ2v) is 7.42. The number of halogens is 1. The molecule has 0 atom stereocenters. The molecule has 2 aromatic carbocycles. The minimum Gasteiger partial charge on any atom is -0.332 e. The quantitative estimate of drug-likeness (QED) is 0.447. The van der Waals surface area contributed by atoms with Crippen LogP contribution in [0, 0.1) is 0 Å². The lowest BCUT2D eigenvalue weighted by Crippen LogP contribution is -2.34. The highest BCUT2D eigenvalue weighted by atomic mass is 79.9. The van der Waals surface area contributed by atoms with Crippen molar-refractivity contribution in [2.75, 3.05) is 5.32 Å². The van der Waals surface area contributed by atoms with E-state index in [1.165, 1.54) is 6.92 Å². The summed E-state index contributed by atoms with van der Waals surface area (Å²) in [4.78, 5) is 23.7. The third-order valence-corrected chi connectivity index (χ3v) is 4.55. The molecular formula is C20H17BrN4O2S. The molecular weight excluding hydrogens is 440 g/mol. The number of rotatable bonds is 5. The molecule has 0 saturated carbocycles. The first kappa shape index (κ1) is 19.9. The minimum atomic E-state index is -0.300. The molecule has 6 nitrogen and oxygen atoms in total.